The van der Waals surface area contributed by atoms with E-state index < -0.39 is 11.7 Å². The maximum Gasteiger partial charge on any atom is 0.246 e. The van der Waals surface area contributed by atoms with Gasteiger partial charge in [-0.3, -0.25) is 9.59 Å². The smallest absolute Gasteiger partial charge is 0.246 e. The summed E-state index contributed by atoms with van der Waals surface area (Å²) in [6, 6.07) is 9.91. The lowest BCUT2D eigenvalue weighted by molar-refractivity contribution is -0.129. The third-order valence-electron chi connectivity index (χ3n) is 4.03. The van der Waals surface area contributed by atoms with Gasteiger partial charge in [-0.2, -0.15) is 0 Å². The number of anilines is 1. The third-order valence-corrected chi connectivity index (χ3v) is 4.36. The molecule has 26 heavy (non-hydrogen) atoms. The first kappa shape index (κ1) is 19.7. The minimum atomic E-state index is -0.517. The molecule has 0 aliphatic heterocycles. The molecule has 2 aromatic rings. The minimum absolute atomic E-state index is 0.123. The van der Waals surface area contributed by atoms with Crippen LogP contribution >= 0.6 is 11.6 Å². The highest BCUT2D eigenvalue weighted by molar-refractivity contribution is 6.32. The summed E-state index contributed by atoms with van der Waals surface area (Å²) in [4.78, 5) is 25.5. The van der Waals surface area contributed by atoms with Crippen molar-refractivity contribution in [3.05, 3.63) is 70.0 Å². The van der Waals surface area contributed by atoms with Crippen LogP contribution in [0.5, 0.6) is 0 Å². The number of hydrogen-bond acceptors (Lipinski definition) is 2. The molecule has 136 valence electrons. The van der Waals surface area contributed by atoms with Crippen LogP contribution in [0.1, 0.15) is 16.7 Å². The summed E-state index contributed by atoms with van der Waals surface area (Å²) < 4.78 is 13.7. The second kappa shape index (κ2) is 8.63. The van der Waals surface area contributed by atoms with Gasteiger partial charge in [-0.25, -0.2) is 4.39 Å². The van der Waals surface area contributed by atoms with Crippen molar-refractivity contribution in [3.63, 3.8) is 0 Å². The van der Waals surface area contributed by atoms with Gasteiger partial charge >= 0.3 is 0 Å². The van der Waals surface area contributed by atoms with E-state index in [1.807, 2.05) is 32.0 Å². The van der Waals surface area contributed by atoms with E-state index in [1.54, 1.807) is 0 Å². The predicted molar refractivity (Wildman–Crippen MR) is 103 cm³/mol. The van der Waals surface area contributed by atoms with Gasteiger partial charge in [0.25, 0.3) is 0 Å². The van der Waals surface area contributed by atoms with E-state index in [0.717, 1.165) is 11.1 Å². The molecule has 1 N–H and O–H groups in total. The monoisotopic (exact) mass is 374 g/mol. The van der Waals surface area contributed by atoms with Crippen LogP contribution in [0.25, 0.3) is 6.08 Å². The SMILES string of the molecule is Cc1cccc(NC(=O)CN(C)C(=O)/C=C/c2c(F)cccc2Cl)c1C. The van der Waals surface area contributed by atoms with Crippen molar-refractivity contribution in [3.8, 4) is 0 Å². The number of halogens is 2. The summed E-state index contributed by atoms with van der Waals surface area (Å²) in [6.45, 7) is 3.75. The lowest BCUT2D eigenvalue weighted by Crippen LogP contribution is -2.34. The third kappa shape index (κ3) is 4.92. The largest absolute Gasteiger partial charge is 0.333 e. The van der Waals surface area contributed by atoms with Gasteiger partial charge in [-0.1, -0.05) is 29.8 Å². The van der Waals surface area contributed by atoms with E-state index in [-0.39, 0.29) is 23.0 Å². The Labute approximate surface area is 157 Å². The molecule has 0 aliphatic rings. The molecule has 4 nitrogen and oxygen atoms in total. The Kier molecular flexibility index (Phi) is 6.52. The topological polar surface area (TPSA) is 49.4 Å². The van der Waals surface area contributed by atoms with Crippen LogP contribution < -0.4 is 5.32 Å². The number of hydrogen-bond donors (Lipinski definition) is 1. The molecule has 0 heterocycles. The lowest BCUT2D eigenvalue weighted by Gasteiger charge is -2.16. The van der Waals surface area contributed by atoms with Gasteiger partial charge < -0.3 is 10.2 Å². The van der Waals surface area contributed by atoms with E-state index in [9.17, 15) is 14.0 Å². The molecule has 0 radical (unpaired) electrons. The molecule has 2 amide bonds. The maximum absolute atomic E-state index is 13.7. The average Bonchev–Trinajstić information content (AvgIpc) is 2.58. The average molecular weight is 375 g/mol. The number of carbonyl (C=O) groups is 2. The fourth-order valence-corrected chi connectivity index (χ4v) is 2.55. The highest BCUT2D eigenvalue weighted by Gasteiger charge is 2.12. The van der Waals surface area contributed by atoms with Gasteiger partial charge in [-0.05, 0) is 49.2 Å². The van der Waals surface area contributed by atoms with Gasteiger partial charge in [0.1, 0.15) is 5.82 Å². The molecule has 0 saturated heterocycles. The molecule has 0 bridgehead atoms. The van der Waals surface area contributed by atoms with Crippen molar-refractivity contribution in [2.24, 2.45) is 0 Å². The summed E-state index contributed by atoms with van der Waals surface area (Å²) in [5.74, 6) is -1.26. The number of benzene rings is 2. The van der Waals surface area contributed by atoms with Crippen LogP contribution in [0, 0.1) is 19.7 Å². The Morgan fingerprint density at radius 3 is 2.58 bits per heavy atom. The first-order chi connectivity index (χ1) is 12.3. The predicted octanol–water partition coefficient (Wildman–Crippen LogP) is 4.21. The summed E-state index contributed by atoms with van der Waals surface area (Å²) in [6.07, 6.45) is 2.49. The minimum Gasteiger partial charge on any atom is -0.333 e. The van der Waals surface area contributed by atoms with Crippen molar-refractivity contribution in [1.29, 1.82) is 0 Å². The number of amides is 2. The quantitative estimate of drug-likeness (QED) is 0.797. The highest BCUT2D eigenvalue weighted by Crippen LogP contribution is 2.20. The van der Waals surface area contributed by atoms with Gasteiger partial charge in [0.05, 0.1) is 11.6 Å². The second-order valence-corrected chi connectivity index (χ2v) is 6.37. The molecule has 0 aliphatic carbocycles. The van der Waals surface area contributed by atoms with E-state index >= 15 is 0 Å². The molecule has 6 heteroatoms. The standard InChI is InChI=1S/C20H20ClFN2O2/c1-13-6-4-9-18(14(13)2)23-19(25)12-24(3)20(26)11-10-15-16(21)7-5-8-17(15)22/h4-11H,12H2,1-3H3,(H,23,25)/b11-10+. The number of likely N-dealkylation sites (N-methyl/N-ethyl adjacent to an activating group) is 1. The number of aryl methyl sites for hydroxylation is 1. The van der Waals surface area contributed by atoms with E-state index in [0.29, 0.717) is 5.69 Å². The maximum atomic E-state index is 13.7. The fourth-order valence-electron chi connectivity index (χ4n) is 2.32. The van der Waals surface area contributed by atoms with Crippen LogP contribution in [0.2, 0.25) is 5.02 Å². The molecule has 0 aromatic heterocycles. The zero-order chi connectivity index (χ0) is 19.3. The Morgan fingerprint density at radius 2 is 1.88 bits per heavy atom. The second-order valence-electron chi connectivity index (χ2n) is 5.96. The number of nitrogens with zero attached hydrogens (tertiary/aromatic N) is 1. The van der Waals surface area contributed by atoms with Crippen molar-refractivity contribution in [1.82, 2.24) is 4.90 Å². The first-order valence-electron chi connectivity index (χ1n) is 8.03. The molecular weight excluding hydrogens is 355 g/mol. The molecule has 2 aromatic carbocycles. The van der Waals surface area contributed by atoms with E-state index in [1.165, 1.54) is 42.3 Å². The summed E-state index contributed by atoms with van der Waals surface area (Å²) in [5.41, 5.74) is 2.89. The molecule has 0 unspecified atom stereocenters. The van der Waals surface area contributed by atoms with Gasteiger partial charge in [0.2, 0.25) is 11.8 Å². The summed E-state index contributed by atoms with van der Waals surface area (Å²) >= 11 is 5.91. The molecule has 0 fully saturated rings. The van der Waals surface area contributed by atoms with Gasteiger partial charge in [-0.15, -0.1) is 0 Å². The first-order valence-corrected chi connectivity index (χ1v) is 8.40. The molecule has 0 saturated carbocycles. The van der Waals surface area contributed by atoms with Crippen molar-refractivity contribution in [2.75, 3.05) is 18.9 Å². The zero-order valence-electron chi connectivity index (χ0n) is 14.8. The van der Waals surface area contributed by atoms with Crippen molar-refractivity contribution < 1.29 is 14.0 Å². The number of nitrogens with one attached hydrogen (secondary N) is 1. The highest BCUT2D eigenvalue weighted by atomic mass is 35.5. The van der Waals surface area contributed by atoms with Gasteiger partial charge in [0, 0.05) is 24.4 Å². The molecular formula is C20H20ClFN2O2. The van der Waals surface area contributed by atoms with Crippen LogP contribution in [-0.4, -0.2) is 30.3 Å². The fraction of sp³-hybridized carbons (Fsp3) is 0.200. The normalized spacial score (nSPS) is 10.8. The van der Waals surface area contributed by atoms with Crippen LogP contribution in [0.3, 0.4) is 0 Å². The van der Waals surface area contributed by atoms with Crippen molar-refractivity contribution in [2.45, 2.75) is 13.8 Å². The number of rotatable bonds is 5. The molecule has 0 atom stereocenters. The van der Waals surface area contributed by atoms with E-state index in [4.69, 9.17) is 11.6 Å². The van der Waals surface area contributed by atoms with Gasteiger partial charge in [0.15, 0.2) is 0 Å². The van der Waals surface area contributed by atoms with Crippen LogP contribution in [0.4, 0.5) is 10.1 Å². The number of carbonyl (C=O) groups excluding carboxylic acids is 2. The molecule has 2 rings (SSSR count). The summed E-state index contributed by atoms with van der Waals surface area (Å²) in [5, 5.41) is 3.00. The van der Waals surface area contributed by atoms with Crippen LogP contribution in [-0.2, 0) is 9.59 Å². The Hall–Kier alpha value is -2.66. The summed E-state index contributed by atoms with van der Waals surface area (Å²) in [7, 11) is 1.50. The van der Waals surface area contributed by atoms with Crippen molar-refractivity contribution >= 4 is 35.2 Å². The van der Waals surface area contributed by atoms with E-state index in [2.05, 4.69) is 5.32 Å². The molecule has 0 spiro atoms. The Morgan fingerprint density at radius 1 is 1.19 bits per heavy atom. The van der Waals surface area contributed by atoms with Crippen LogP contribution in [0.15, 0.2) is 42.5 Å². The Bertz CT molecular complexity index is 845. The zero-order valence-corrected chi connectivity index (χ0v) is 15.6. The lowest BCUT2D eigenvalue weighted by atomic mass is 10.1. The Balaban J connectivity index is 1.99.